The van der Waals surface area contributed by atoms with Crippen LogP contribution in [0.4, 0.5) is 17.2 Å². The maximum absolute atomic E-state index is 12.6. The van der Waals surface area contributed by atoms with Crippen LogP contribution in [0.1, 0.15) is 17.4 Å². The SMILES string of the molecule is CCOc1ccccc1NC(=O)c1cc(Nc2ccc3c(c2)OCCO3)ncn1. The highest BCUT2D eigenvalue weighted by molar-refractivity contribution is 6.04. The second-order valence-electron chi connectivity index (χ2n) is 6.16. The van der Waals surface area contributed by atoms with Crippen molar-refractivity contribution in [1.29, 1.82) is 0 Å². The molecule has 29 heavy (non-hydrogen) atoms. The average molecular weight is 392 g/mol. The van der Waals surface area contributed by atoms with Gasteiger partial charge in [-0.2, -0.15) is 0 Å². The minimum absolute atomic E-state index is 0.228. The largest absolute Gasteiger partial charge is 0.492 e. The van der Waals surface area contributed by atoms with Crippen LogP contribution in [0.2, 0.25) is 0 Å². The summed E-state index contributed by atoms with van der Waals surface area (Å²) in [5.74, 6) is 2.11. The number of anilines is 3. The van der Waals surface area contributed by atoms with E-state index in [0.717, 1.165) is 5.69 Å². The fourth-order valence-electron chi connectivity index (χ4n) is 2.86. The van der Waals surface area contributed by atoms with E-state index in [4.69, 9.17) is 14.2 Å². The maximum Gasteiger partial charge on any atom is 0.274 e. The van der Waals surface area contributed by atoms with Crippen molar-refractivity contribution in [2.24, 2.45) is 0 Å². The van der Waals surface area contributed by atoms with Crippen LogP contribution in [0, 0.1) is 0 Å². The zero-order chi connectivity index (χ0) is 20.1. The van der Waals surface area contributed by atoms with E-state index in [-0.39, 0.29) is 11.6 Å². The molecule has 0 aliphatic carbocycles. The molecule has 1 aliphatic rings. The van der Waals surface area contributed by atoms with Crippen molar-refractivity contribution in [2.45, 2.75) is 6.92 Å². The highest BCUT2D eigenvalue weighted by Gasteiger charge is 2.14. The number of ether oxygens (including phenoxy) is 3. The number of fused-ring (bicyclic) bond motifs is 1. The fraction of sp³-hybridized carbons (Fsp3) is 0.190. The Kier molecular flexibility index (Phi) is 5.42. The molecule has 2 N–H and O–H groups in total. The van der Waals surface area contributed by atoms with Gasteiger partial charge in [-0.25, -0.2) is 9.97 Å². The van der Waals surface area contributed by atoms with Crippen molar-refractivity contribution in [3.63, 3.8) is 0 Å². The van der Waals surface area contributed by atoms with E-state index in [0.29, 0.717) is 48.6 Å². The van der Waals surface area contributed by atoms with Crippen LogP contribution in [0.15, 0.2) is 54.9 Å². The number of rotatable bonds is 6. The van der Waals surface area contributed by atoms with Crippen molar-refractivity contribution in [3.8, 4) is 17.2 Å². The van der Waals surface area contributed by atoms with Crippen molar-refractivity contribution >= 4 is 23.1 Å². The zero-order valence-electron chi connectivity index (χ0n) is 15.8. The molecular weight excluding hydrogens is 372 g/mol. The summed E-state index contributed by atoms with van der Waals surface area (Å²) in [4.78, 5) is 20.9. The molecule has 0 saturated heterocycles. The van der Waals surface area contributed by atoms with Gasteiger partial charge in [-0.3, -0.25) is 4.79 Å². The number of hydrogen-bond acceptors (Lipinski definition) is 7. The lowest BCUT2D eigenvalue weighted by Gasteiger charge is -2.19. The first-order valence-corrected chi connectivity index (χ1v) is 9.25. The summed E-state index contributed by atoms with van der Waals surface area (Å²) in [6.45, 7) is 3.44. The molecule has 1 aliphatic heterocycles. The molecule has 1 aromatic heterocycles. The molecule has 0 unspecified atom stereocenters. The minimum Gasteiger partial charge on any atom is -0.492 e. The van der Waals surface area contributed by atoms with Gasteiger partial charge < -0.3 is 24.8 Å². The van der Waals surface area contributed by atoms with Crippen LogP contribution < -0.4 is 24.8 Å². The molecule has 2 aromatic carbocycles. The molecule has 148 valence electrons. The predicted octanol–water partition coefficient (Wildman–Crippen LogP) is 3.64. The predicted molar refractivity (Wildman–Crippen MR) is 108 cm³/mol. The lowest BCUT2D eigenvalue weighted by Crippen LogP contribution is -2.15. The Balaban J connectivity index is 1.49. The third kappa shape index (κ3) is 4.37. The van der Waals surface area contributed by atoms with E-state index in [1.165, 1.54) is 6.33 Å². The van der Waals surface area contributed by atoms with Gasteiger partial charge in [0.2, 0.25) is 0 Å². The lowest BCUT2D eigenvalue weighted by molar-refractivity contribution is 0.102. The van der Waals surface area contributed by atoms with E-state index in [9.17, 15) is 4.79 Å². The number of aromatic nitrogens is 2. The van der Waals surface area contributed by atoms with Crippen molar-refractivity contribution < 1.29 is 19.0 Å². The summed E-state index contributed by atoms with van der Waals surface area (Å²) < 4.78 is 16.6. The molecule has 0 fully saturated rings. The van der Waals surface area contributed by atoms with E-state index in [1.807, 2.05) is 37.3 Å². The van der Waals surface area contributed by atoms with Crippen molar-refractivity contribution in [1.82, 2.24) is 9.97 Å². The van der Waals surface area contributed by atoms with Crippen LogP contribution in [-0.2, 0) is 0 Å². The number of amides is 1. The molecular formula is C21H20N4O4. The second kappa shape index (κ2) is 8.47. The van der Waals surface area contributed by atoms with Crippen LogP contribution in [-0.4, -0.2) is 35.7 Å². The minimum atomic E-state index is -0.357. The normalized spacial score (nSPS) is 12.2. The smallest absolute Gasteiger partial charge is 0.274 e. The fourth-order valence-corrected chi connectivity index (χ4v) is 2.86. The van der Waals surface area contributed by atoms with Gasteiger partial charge in [0.1, 0.15) is 36.8 Å². The standard InChI is InChI=1S/C21H20N4O4/c1-2-27-17-6-4-3-5-15(17)25-21(26)16-12-20(23-13-22-16)24-14-7-8-18-19(11-14)29-10-9-28-18/h3-8,11-13H,2,9-10H2,1H3,(H,25,26)(H,22,23,24). The Labute approximate surface area is 167 Å². The molecule has 0 saturated carbocycles. The van der Waals surface area contributed by atoms with Gasteiger partial charge in [-0.1, -0.05) is 12.1 Å². The molecule has 8 nitrogen and oxygen atoms in total. The van der Waals surface area contributed by atoms with Crippen molar-refractivity contribution in [2.75, 3.05) is 30.5 Å². The quantitative estimate of drug-likeness (QED) is 0.661. The molecule has 0 bridgehead atoms. The highest BCUT2D eigenvalue weighted by atomic mass is 16.6. The first-order valence-electron chi connectivity index (χ1n) is 9.25. The van der Waals surface area contributed by atoms with Crippen molar-refractivity contribution in [3.05, 3.63) is 60.6 Å². The lowest BCUT2D eigenvalue weighted by atomic mass is 10.2. The Morgan fingerprint density at radius 1 is 1.07 bits per heavy atom. The van der Waals surface area contributed by atoms with Gasteiger partial charge in [0.25, 0.3) is 5.91 Å². The average Bonchev–Trinajstić information content (AvgIpc) is 2.75. The molecule has 3 aromatic rings. The van der Waals surface area contributed by atoms with Gasteiger partial charge in [0.05, 0.1) is 12.3 Å². The van der Waals surface area contributed by atoms with E-state index in [1.54, 1.807) is 18.2 Å². The summed E-state index contributed by atoms with van der Waals surface area (Å²) in [6.07, 6.45) is 1.34. The molecule has 0 atom stereocenters. The van der Waals surface area contributed by atoms with Gasteiger partial charge >= 0.3 is 0 Å². The number of para-hydroxylation sites is 2. The highest BCUT2D eigenvalue weighted by Crippen LogP contribution is 2.33. The van der Waals surface area contributed by atoms with Crippen LogP contribution in [0.3, 0.4) is 0 Å². The molecule has 8 heteroatoms. The van der Waals surface area contributed by atoms with Crippen LogP contribution in [0.5, 0.6) is 17.2 Å². The van der Waals surface area contributed by atoms with E-state index >= 15 is 0 Å². The molecule has 1 amide bonds. The summed E-state index contributed by atoms with van der Waals surface area (Å²) in [5, 5.41) is 5.98. The summed E-state index contributed by atoms with van der Waals surface area (Å²) in [5.41, 5.74) is 1.58. The third-order valence-corrected chi connectivity index (χ3v) is 4.15. The number of carbonyl (C=O) groups is 1. The number of benzene rings is 2. The molecule has 4 rings (SSSR count). The maximum atomic E-state index is 12.6. The van der Waals surface area contributed by atoms with Gasteiger partial charge in [0, 0.05) is 17.8 Å². The summed E-state index contributed by atoms with van der Waals surface area (Å²) in [6, 6.07) is 14.3. The van der Waals surface area contributed by atoms with E-state index in [2.05, 4.69) is 20.6 Å². The number of nitrogens with zero attached hydrogens (tertiary/aromatic N) is 2. The Hall–Kier alpha value is -3.81. The van der Waals surface area contributed by atoms with Gasteiger partial charge in [-0.05, 0) is 31.2 Å². The van der Waals surface area contributed by atoms with Gasteiger partial charge in [-0.15, -0.1) is 0 Å². The molecule has 0 radical (unpaired) electrons. The number of carbonyl (C=O) groups excluding carboxylic acids is 1. The number of hydrogen-bond donors (Lipinski definition) is 2. The summed E-state index contributed by atoms with van der Waals surface area (Å²) >= 11 is 0. The third-order valence-electron chi connectivity index (χ3n) is 4.15. The van der Waals surface area contributed by atoms with Crippen LogP contribution in [0.25, 0.3) is 0 Å². The zero-order valence-corrected chi connectivity index (χ0v) is 15.8. The van der Waals surface area contributed by atoms with Crippen LogP contribution >= 0.6 is 0 Å². The first kappa shape index (κ1) is 18.5. The Morgan fingerprint density at radius 3 is 2.76 bits per heavy atom. The van der Waals surface area contributed by atoms with Gasteiger partial charge in [0.15, 0.2) is 11.5 Å². The first-order chi connectivity index (χ1) is 14.2. The summed E-state index contributed by atoms with van der Waals surface area (Å²) in [7, 11) is 0. The van der Waals surface area contributed by atoms with E-state index < -0.39 is 0 Å². The molecule has 2 heterocycles. The second-order valence-corrected chi connectivity index (χ2v) is 6.16. The topological polar surface area (TPSA) is 94.6 Å². The Morgan fingerprint density at radius 2 is 1.90 bits per heavy atom. The monoisotopic (exact) mass is 392 g/mol. The Bertz CT molecular complexity index is 1030. The number of nitrogens with one attached hydrogen (secondary N) is 2. The molecule has 0 spiro atoms.